The Morgan fingerprint density at radius 1 is 0.833 bits per heavy atom. The minimum Gasteiger partial charge on any atom is -0.443 e. The summed E-state index contributed by atoms with van der Waals surface area (Å²) < 4.78 is 10.6. The van der Waals surface area contributed by atoms with Crippen LogP contribution in [-0.2, 0) is 9.47 Å². The summed E-state index contributed by atoms with van der Waals surface area (Å²) in [5.41, 5.74) is 4.02. The van der Waals surface area contributed by atoms with Crippen LogP contribution in [0, 0.1) is 0 Å². The number of carbonyl (C=O) groups is 2. The van der Waals surface area contributed by atoms with Crippen LogP contribution in [0.1, 0.15) is 41.5 Å². The summed E-state index contributed by atoms with van der Waals surface area (Å²) in [4.78, 5) is 25.5. The molecular weight excluding hydrogens is 312 g/mol. The number of hydrogen-bond donors (Lipinski definition) is 3. The van der Waals surface area contributed by atoms with E-state index in [0.717, 1.165) is 18.0 Å². The van der Waals surface area contributed by atoms with Crippen molar-refractivity contribution in [2.75, 3.05) is 39.3 Å². The second-order valence-electron chi connectivity index (χ2n) is 7.40. The fourth-order valence-electron chi connectivity index (χ4n) is 1.61. The molecule has 0 fully saturated rings. The lowest BCUT2D eigenvalue weighted by Gasteiger charge is -2.28. The molecule has 0 aliphatic rings. The predicted octanol–water partition coefficient (Wildman–Crippen LogP) is 1.30. The van der Waals surface area contributed by atoms with Crippen LogP contribution < -0.4 is 16.4 Å². The van der Waals surface area contributed by atoms with Gasteiger partial charge in [-0.1, -0.05) is 0 Å². The minimum absolute atomic E-state index is 0.167. The van der Waals surface area contributed by atoms with Crippen LogP contribution in [-0.4, -0.2) is 67.6 Å². The van der Waals surface area contributed by atoms with Crippen molar-refractivity contribution in [3.63, 3.8) is 0 Å². The van der Waals surface area contributed by atoms with Crippen molar-refractivity contribution in [3.8, 4) is 0 Å². The maximum absolute atomic E-state index is 12.2. The Labute approximate surface area is 145 Å². The molecule has 0 radical (unpaired) electrons. The summed E-state index contributed by atoms with van der Waals surface area (Å²) in [6.45, 7) is 13.9. The van der Waals surface area contributed by atoms with Crippen molar-refractivity contribution in [1.29, 1.82) is 0 Å². The van der Waals surface area contributed by atoms with E-state index in [1.165, 1.54) is 0 Å². The summed E-state index contributed by atoms with van der Waals surface area (Å²) >= 11 is 0. The van der Waals surface area contributed by atoms with E-state index in [-0.39, 0.29) is 6.54 Å². The average molecular weight is 346 g/mol. The van der Waals surface area contributed by atoms with E-state index in [1.807, 2.05) is 0 Å². The summed E-state index contributed by atoms with van der Waals surface area (Å²) in [5.74, 6) is 0. The Hall–Kier alpha value is -1.38. The Bertz CT molecular complexity index is 361. The van der Waals surface area contributed by atoms with Crippen molar-refractivity contribution in [2.24, 2.45) is 5.73 Å². The van der Waals surface area contributed by atoms with E-state index in [4.69, 9.17) is 15.2 Å². The summed E-state index contributed by atoms with van der Waals surface area (Å²) in [6, 6.07) is 0. The quantitative estimate of drug-likeness (QED) is 0.569. The monoisotopic (exact) mass is 346 g/mol. The fourth-order valence-corrected chi connectivity index (χ4v) is 1.61. The molecule has 0 spiro atoms. The topological polar surface area (TPSA) is 106 Å². The molecule has 0 unspecified atom stereocenters. The van der Waals surface area contributed by atoms with Gasteiger partial charge in [0.25, 0.3) is 0 Å². The highest BCUT2D eigenvalue weighted by molar-refractivity contribution is 5.88. The molecule has 8 nitrogen and oxygen atoms in total. The lowest BCUT2D eigenvalue weighted by atomic mass is 10.2. The van der Waals surface area contributed by atoms with Gasteiger partial charge in [0.2, 0.25) is 0 Å². The molecule has 0 aliphatic heterocycles. The van der Waals surface area contributed by atoms with Crippen LogP contribution in [0.3, 0.4) is 0 Å². The highest BCUT2D eigenvalue weighted by Crippen LogP contribution is 2.14. The van der Waals surface area contributed by atoms with E-state index in [2.05, 4.69) is 10.6 Å². The van der Waals surface area contributed by atoms with Crippen LogP contribution in [0.25, 0.3) is 0 Å². The zero-order valence-electron chi connectivity index (χ0n) is 15.9. The maximum Gasteiger partial charge on any atom is 0.419 e. The first-order chi connectivity index (χ1) is 11.0. The van der Waals surface area contributed by atoms with Gasteiger partial charge in [0.1, 0.15) is 11.2 Å². The van der Waals surface area contributed by atoms with Gasteiger partial charge in [0.05, 0.1) is 0 Å². The third kappa shape index (κ3) is 12.1. The van der Waals surface area contributed by atoms with E-state index < -0.39 is 23.4 Å². The van der Waals surface area contributed by atoms with Crippen molar-refractivity contribution in [3.05, 3.63) is 0 Å². The molecule has 0 rings (SSSR count). The Morgan fingerprint density at radius 3 is 1.62 bits per heavy atom. The second-order valence-corrected chi connectivity index (χ2v) is 7.40. The molecule has 142 valence electrons. The summed E-state index contributed by atoms with van der Waals surface area (Å²) in [7, 11) is 0. The number of rotatable bonds is 8. The smallest absolute Gasteiger partial charge is 0.419 e. The van der Waals surface area contributed by atoms with Gasteiger partial charge < -0.3 is 25.8 Å². The average Bonchev–Trinajstić information content (AvgIpc) is 2.37. The van der Waals surface area contributed by atoms with Crippen molar-refractivity contribution < 1.29 is 19.1 Å². The number of ether oxygens (including phenoxy) is 2. The van der Waals surface area contributed by atoms with Gasteiger partial charge in [-0.05, 0) is 41.5 Å². The summed E-state index contributed by atoms with van der Waals surface area (Å²) in [5, 5.41) is 6.30. The highest BCUT2D eigenvalue weighted by atomic mass is 16.6. The third-order valence-corrected chi connectivity index (χ3v) is 2.54. The summed E-state index contributed by atoms with van der Waals surface area (Å²) in [6.07, 6.45) is -1.42. The lowest BCUT2D eigenvalue weighted by molar-refractivity contribution is 0.00172. The molecule has 0 aromatic carbocycles. The molecule has 8 heteroatoms. The van der Waals surface area contributed by atoms with E-state index in [9.17, 15) is 9.59 Å². The molecule has 0 aliphatic carbocycles. The van der Waals surface area contributed by atoms with Crippen LogP contribution in [0.2, 0.25) is 0 Å². The van der Waals surface area contributed by atoms with Crippen molar-refractivity contribution >= 4 is 12.2 Å². The zero-order valence-corrected chi connectivity index (χ0v) is 15.9. The molecule has 0 bridgehead atoms. The molecule has 0 aromatic rings. The molecule has 0 heterocycles. The van der Waals surface area contributed by atoms with Crippen LogP contribution in [0.5, 0.6) is 0 Å². The largest absolute Gasteiger partial charge is 0.443 e. The van der Waals surface area contributed by atoms with Gasteiger partial charge in [-0.2, -0.15) is 0 Å². The first-order valence-corrected chi connectivity index (χ1v) is 8.31. The normalized spacial score (nSPS) is 12.0. The molecule has 24 heavy (non-hydrogen) atoms. The molecule has 0 aromatic heterocycles. The number of nitrogens with two attached hydrogens (primary N) is 1. The number of amides is 2. The van der Waals surface area contributed by atoms with Crippen molar-refractivity contribution in [2.45, 2.75) is 52.7 Å². The van der Waals surface area contributed by atoms with Crippen LogP contribution in [0.4, 0.5) is 9.59 Å². The van der Waals surface area contributed by atoms with Gasteiger partial charge in [-0.25, -0.2) is 14.5 Å². The predicted molar refractivity (Wildman–Crippen MR) is 94.0 cm³/mol. The van der Waals surface area contributed by atoms with E-state index in [1.54, 1.807) is 41.5 Å². The van der Waals surface area contributed by atoms with Gasteiger partial charge in [0.15, 0.2) is 0 Å². The Morgan fingerprint density at radius 2 is 1.25 bits per heavy atom. The number of hydrogen-bond acceptors (Lipinski definition) is 7. The Balaban J connectivity index is 4.53. The SMILES string of the molecule is CC(C)(C)OC(=O)N(CCNCCNCCN)C(=O)OC(C)(C)C. The van der Waals surface area contributed by atoms with Crippen molar-refractivity contribution in [1.82, 2.24) is 15.5 Å². The minimum atomic E-state index is -0.709. The van der Waals surface area contributed by atoms with Crippen LogP contribution in [0.15, 0.2) is 0 Å². The zero-order chi connectivity index (χ0) is 18.8. The van der Waals surface area contributed by atoms with E-state index >= 15 is 0 Å². The second kappa shape index (κ2) is 10.5. The molecule has 0 saturated heterocycles. The highest BCUT2D eigenvalue weighted by Gasteiger charge is 2.30. The van der Waals surface area contributed by atoms with Crippen LogP contribution >= 0.6 is 0 Å². The number of nitrogens with zero attached hydrogens (tertiary/aromatic N) is 1. The molecule has 2 amide bonds. The van der Waals surface area contributed by atoms with Gasteiger partial charge in [0, 0.05) is 39.3 Å². The Kier molecular flexibility index (Phi) is 9.88. The molecule has 0 saturated carbocycles. The number of carbonyl (C=O) groups excluding carboxylic acids is 2. The maximum atomic E-state index is 12.2. The van der Waals surface area contributed by atoms with Gasteiger partial charge >= 0.3 is 12.2 Å². The number of imide groups is 1. The van der Waals surface area contributed by atoms with Gasteiger partial charge in [-0.3, -0.25) is 0 Å². The first kappa shape index (κ1) is 22.6. The van der Waals surface area contributed by atoms with Gasteiger partial charge in [-0.15, -0.1) is 0 Å². The van der Waals surface area contributed by atoms with E-state index in [0.29, 0.717) is 19.6 Å². The third-order valence-electron chi connectivity index (χ3n) is 2.54. The number of nitrogens with one attached hydrogen (secondary N) is 2. The molecule has 0 atom stereocenters. The lowest BCUT2D eigenvalue weighted by Crippen LogP contribution is -2.46. The molecule has 4 N–H and O–H groups in total. The standard InChI is InChI=1S/C16H34N4O4/c1-15(2,3)23-13(21)20(14(22)24-16(4,5)6)12-11-19-10-9-18-8-7-17/h18-19H,7-12,17H2,1-6H3. The fraction of sp³-hybridized carbons (Fsp3) is 0.875. The first-order valence-electron chi connectivity index (χ1n) is 8.31. The molecular formula is C16H34N4O4.